The molecule has 0 bridgehead atoms. The van der Waals surface area contributed by atoms with E-state index >= 15 is 0 Å². The van der Waals surface area contributed by atoms with Crippen LogP contribution in [0.25, 0.3) is 11.1 Å². The Bertz CT molecular complexity index is 786. The number of carbonyl (C=O) groups excluding carboxylic acids is 1. The fourth-order valence-corrected chi connectivity index (χ4v) is 2.30. The molecule has 116 valence electrons. The van der Waals surface area contributed by atoms with Crippen LogP contribution >= 0.6 is 11.6 Å². The van der Waals surface area contributed by atoms with Gasteiger partial charge in [-0.3, -0.25) is 10.4 Å². The zero-order chi connectivity index (χ0) is 16.1. The Morgan fingerprint density at radius 3 is 2.70 bits per heavy atom. The second-order valence-electron chi connectivity index (χ2n) is 4.90. The maximum atomic E-state index is 11.8. The van der Waals surface area contributed by atoms with Crippen molar-refractivity contribution in [3.05, 3.63) is 71.5 Å². The Labute approximate surface area is 138 Å². The summed E-state index contributed by atoms with van der Waals surface area (Å²) in [6, 6.07) is 14.6. The van der Waals surface area contributed by atoms with Gasteiger partial charge in [0.15, 0.2) is 0 Å². The highest BCUT2D eigenvalue weighted by Crippen LogP contribution is 2.20. The first-order valence-corrected chi connectivity index (χ1v) is 7.36. The number of amides is 1. The summed E-state index contributed by atoms with van der Waals surface area (Å²) < 4.78 is 5.17. The number of nitrogens with one attached hydrogen (secondary N) is 2. The van der Waals surface area contributed by atoms with Crippen molar-refractivity contribution in [1.29, 1.82) is 0 Å². The van der Waals surface area contributed by atoms with Gasteiger partial charge in [0.25, 0.3) is 0 Å². The lowest BCUT2D eigenvalue weighted by Crippen LogP contribution is -2.13. The van der Waals surface area contributed by atoms with Gasteiger partial charge < -0.3 is 4.74 Å². The number of hydrogen-bond donors (Lipinski definition) is 2. The highest BCUT2D eigenvalue weighted by Gasteiger charge is 2.05. The molecule has 0 saturated heterocycles. The standard InChI is InChI=1S/C17H14ClN3O2/c18-15-3-1-2-12(8-15)11-23-17(22)21-16-6-4-13(5-7-16)14-9-19-20-10-14/h1-10H,11H2,(H,19,20)(H,21,22). The highest BCUT2D eigenvalue weighted by molar-refractivity contribution is 6.30. The number of aromatic nitrogens is 2. The molecule has 0 atom stereocenters. The van der Waals surface area contributed by atoms with Crippen molar-refractivity contribution in [3.63, 3.8) is 0 Å². The number of ether oxygens (including phenoxy) is 1. The monoisotopic (exact) mass is 327 g/mol. The number of carbonyl (C=O) groups is 1. The molecule has 0 aliphatic carbocycles. The molecule has 0 saturated carbocycles. The maximum Gasteiger partial charge on any atom is 0.411 e. The number of halogens is 1. The van der Waals surface area contributed by atoms with E-state index in [1.54, 1.807) is 18.3 Å². The first-order chi connectivity index (χ1) is 11.2. The van der Waals surface area contributed by atoms with Crippen LogP contribution in [0.3, 0.4) is 0 Å². The average molecular weight is 328 g/mol. The summed E-state index contributed by atoms with van der Waals surface area (Å²) in [6.45, 7) is 0.166. The quantitative estimate of drug-likeness (QED) is 0.742. The van der Waals surface area contributed by atoms with Gasteiger partial charge in [0, 0.05) is 22.5 Å². The smallest absolute Gasteiger partial charge is 0.411 e. The van der Waals surface area contributed by atoms with Gasteiger partial charge in [0.05, 0.1) is 6.20 Å². The van der Waals surface area contributed by atoms with E-state index in [-0.39, 0.29) is 6.61 Å². The van der Waals surface area contributed by atoms with E-state index in [1.807, 2.05) is 42.6 Å². The summed E-state index contributed by atoms with van der Waals surface area (Å²) >= 11 is 5.88. The van der Waals surface area contributed by atoms with Crippen molar-refractivity contribution in [3.8, 4) is 11.1 Å². The van der Waals surface area contributed by atoms with Crippen LogP contribution in [0, 0.1) is 0 Å². The van der Waals surface area contributed by atoms with E-state index in [0.717, 1.165) is 16.7 Å². The number of benzene rings is 2. The lowest BCUT2D eigenvalue weighted by Gasteiger charge is -2.08. The van der Waals surface area contributed by atoms with Gasteiger partial charge >= 0.3 is 6.09 Å². The Morgan fingerprint density at radius 1 is 1.17 bits per heavy atom. The normalized spacial score (nSPS) is 10.3. The SMILES string of the molecule is O=C(Nc1ccc(-c2cn[nH]c2)cc1)OCc1cccc(Cl)c1. The van der Waals surface area contributed by atoms with E-state index < -0.39 is 6.09 Å². The summed E-state index contributed by atoms with van der Waals surface area (Å²) in [5, 5.41) is 9.96. The molecule has 0 radical (unpaired) electrons. The van der Waals surface area contributed by atoms with E-state index in [2.05, 4.69) is 15.5 Å². The third-order valence-electron chi connectivity index (χ3n) is 3.22. The van der Waals surface area contributed by atoms with E-state index in [1.165, 1.54) is 0 Å². The molecular formula is C17H14ClN3O2. The van der Waals surface area contributed by atoms with E-state index in [4.69, 9.17) is 16.3 Å². The van der Waals surface area contributed by atoms with Crippen molar-refractivity contribution in [2.45, 2.75) is 6.61 Å². The minimum absolute atomic E-state index is 0.166. The fourth-order valence-electron chi connectivity index (χ4n) is 2.08. The van der Waals surface area contributed by atoms with E-state index in [0.29, 0.717) is 10.7 Å². The van der Waals surface area contributed by atoms with Gasteiger partial charge in [-0.05, 0) is 35.4 Å². The van der Waals surface area contributed by atoms with Crippen LogP contribution in [0.2, 0.25) is 5.02 Å². The molecule has 3 aromatic rings. The first-order valence-electron chi connectivity index (χ1n) is 6.98. The maximum absolute atomic E-state index is 11.8. The number of anilines is 1. The lowest BCUT2D eigenvalue weighted by atomic mass is 10.1. The highest BCUT2D eigenvalue weighted by atomic mass is 35.5. The molecule has 0 aliphatic heterocycles. The van der Waals surface area contributed by atoms with Crippen molar-refractivity contribution < 1.29 is 9.53 Å². The largest absolute Gasteiger partial charge is 0.444 e. The van der Waals surface area contributed by atoms with Crippen molar-refractivity contribution in [2.75, 3.05) is 5.32 Å². The summed E-state index contributed by atoms with van der Waals surface area (Å²) in [5.41, 5.74) is 3.49. The molecular weight excluding hydrogens is 314 g/mol. The van der Waals surface area contributed by atoms with Gasteiger partial charge in [0.1, 0.15) is 6.61 Å². The Kier molecular flexibility index (Phi) is 4.59. The Hall–Kier alpha value is -2.79. The molecule has 1 amide bonds. The molecule has 6 heteroatoms. The predicted molar refractivity (Wildman–Crippen MR) is 89.3 cm³/mol. The zero-order valence-electron chi connectivity index (χ0n) is 12.1. The van der Waals surface area contributed by atoms with Gasteiger partial charge in [-0.2, -0.15) is 5.10 Å². The first kappa shape index (κ1) is 15.1. The topological polar surface area (TPSA) is 67.0 Å². The van der Waals surface area contributed by atoms with Crippen LogP contribution in [0.5, 0.6) is 0 Å². The Balaban J connectivity index is 1.55. The van der Waals surface area contributed by atoms with Crippen molar-refractivity contribution in [1.82, 2.24) is 10.2 Å². The number of H-pyrrole nitrogens is 1. The molecule has 1 heterocycles. The van der Waals surface area contributed by atoms with Crippen LogP contribution in [0.1, 0.15) is 5.56 Å². The third-order valence-corrected chi connectivity index (χ3v) is 3.46. The number of nitrogens with zero attached hydrogens (tertiary/aromatic N) is 1. The molecule has 0 fully saturated rings. The Morgan fingerprint density at radius 2 is 2.00 bits per heavy atom. The summed E-state index contributed by atoms with van der Waals surface area (Å²) in [4.78, 5) is 11.8. The minimum atomic E-state index is -0.513. The van der Waals surface area contributed by atoms with Crippen LogP contribution in [0.15, 0.2) is 60.9 Å². The van der Waals surface area contributed by atoms with Gasteiger partial charge in [-0.15, -0.1) is 0 Å². The second kappa shape index (κ2) is 6.98. The van der Waals surface area contributed by atoms with Crippen LogP contribution in [-0.4, -0.2) is 16.3 Å². The molecule has 2 aromatic carbocycles. The molecule has 1 aromatic heterocycles. The number of rotatable bonds is 4. The number of hydrogen-bond acceptors (Lipinski definition) is 3. The van der Waals surface area contributed by atoms with Crippen molar-refractivity contribution in [2.24, 2.45) is 0 Å². The van der Waals surface area contributed by atoms with Crippen LogP contribution in [-0.2, 0) is 11.3 Å². The second-order valence-corrected chi connectivity index (χ2v) is 5.33. The molecule has 0 spiro atoms. The van der Waals surface area contributed by atoms with E-state index in [9.17, 15) is 4.79 Å². The minimum Gasteiger partial charge on any atom is -0.444 e. The van der Waals surface area contributed by atoms with Gasteiger partial charge in [0.2, 0.25) is 0 Å². The van der Waals surface area contributed by atoms with Gasteiger partial charge in [-0.25, -0.2) is 4.79 Å². The fraction of sp³-hybridized carbons (Fsp3) is 0.0588. The molecule has 0 aliphatic rings. The lowest BCUT2D eigenvalue weighted by molar-refractivity contribution is 0.155. The molecule has 23 heavy (non-hydrogen) atoms. The van der Waals surface area contributed by atoms with Crippen molar-refractivity contribution >= 4 is 23.4 Å². The van der Waals surface area contributed by atoms with Crippen LogP contribution in [0.4, 0.5) is 10.5 Å². The predicted octanol–water partition coefficient (Wildman–Crippen LogP) is 4.48. The summed E-state index contributed by atoms with van der Waals surface area (Å²) in [7, 11) is 0. The zero-order valence-corrected chi connectivity index (χ0v) is 12.9. The molecule has 0 unspecified atom stereocenters. The summed E-state index contributed by atoms with van der Waals surface area (Å²) in [6.07, 6.45) is 3.03. The van der Waals surface area contributed by atoms with Crippen LogP contribution < -0.4 is 5.32 Å². The van der Waals surface area contributed by atoms with Gasteiger partial charge in [-0.1, -0.05) is 35.9 Å². The number of aromatic amines is 1. The summed E-state index contributed by atoms with van der Waals surface area (Å²) in [5.74, 6) is 0. The third kappa shape index (κ3) is 4.11. The molecule has 2 N–H and O–H groups in total. The molecule has 3 rings (SSSR count). The molecule has 5 nitrogen and oxygen atoms in total. The average Bonchev–Trinajstić information content (AvgIpc) is 3.08.